The highest BCUT2D eigenvalue weighted by molar-refractivity contribution is 5.95. The van der Waals surface area contributed by atoms with Gasteiger partial charge in [-0.2, -0.15) is 0 Å². The van der Waals surface area contributed by atoms with Crippen molar-refractivity contribution in [2.45, 2.75) is 44.6 Å². The lowest BCUT2D eigenvalue weighted by molar-refractivity contribution is 0.0929. The molecule has 0 aliphatic heterocycles. The van der Waals surface area contributed by atoms with Gasteiger partial charge in [-0.15, -0.1) is 0 Å². The number of nitrogens with one attached hydrogen (secondary N) is 1. The van der Waals surface area contributed by atoms with Crippen LogP contribution >= 0.6 is 0 Å². The summed E-state index contributed by atoms with van der Waals surface area (Å²) in [6.45, 7) is 0.237. The van der Waals surface area contributed by atoms with Crippen LogP contribution in [0.3, 0.4) is 0 Å². The number of benzene rings is 1. The molecule has 1 aliphatic carbocycles. The molecule has 0 aromatic heterocycles. The molecule has 0 atom stereocenters. The molecule has 1 fully saturated rings. The van der Waals surface area contributed by atoms with Crippen molar-refractivity contribution in [2.24, 2.45) is 5.73 Å². The van der Waals surface area contributed by atoms with E-state index in [4.69, 9.17) is 5.73 Å². The van der Waals surface area contributed by atoms with E-state index in [1.807, 2.05) is 0 Å². The maximum absolute atomic E-state index is 13.8. The van der Waals surface area contributed by atoms with E-state index in [1.165, 1.54) is 25.0 Å². The Kier molecular flexibility index (Phi) is 5.77. The summed E-state index contributed by atoms with van der Waals surface area (Å²) in [6, 6.07) is 4.48. The monoisotopic (exact) mass is 288 g/mol. The number of hydrogen-bond donors (Lipinski definition) is 2. The zero-order valence-corrected chi connectivity index (χ0v) is 12.1. The molecular weight excluding hydrogens is 267 g/mol. The van der Waals surface area contributed by atoms with E-state index >= 15 is 0 Å². The molecule has 1 aromatic carbocycles. The molecule has 0 heterocycles. The van der Waals surface area contributed by atoms with Crippen LogP contribution in [0.5, 0.6) is 0 Å². The summed E-state index contributed by atoms with van der Waals surface area (Å²) in [4.78, 5) is 12.2. The maximum atomic E-state index is 13.8. The van der Waals surface area contributed by atoms with Crippen LogP contribution in [-0.2, 0) is 0 Å². The molecule has 21 heavy (non-hydrogen) atoms. The number of rotatable bonds is 2. The number of nitrogens with two attached hydrogens (primary N) is 1. The second-order valence-corrected chi connectivity index (χ2v) is 5.36. The third-order valence-electron chi connectivity index (χ3n) is 3.74. The first-order valence-corrected chi connectivity index (χ1v) is 7.50. The van der Waals surface area contributed by atoms with Gasteiger partial charge in [-0.3, -0.25) is 4.79 Å². The minimum absolute atomic E-state index is 0.0584. The summed E-state index contributed by atoms with van der Waals surface area (Å²) < 4.78 is 13.8. The number of hydrogen-bond acceptors (Lipinski definition) is 2. The van der Waals surface area contributed by atoms with Crippen LogP contribution in [-0.4, -0.2) is 18.5 Å². The van der Waals surface area contributed by atoms with Crippen LogP contribution in [0.15, 0.2) is 18.2 Å². The molecule has 2 rings (SSSR count). The maximum Gasteiger partial charge on any atom is 0.254 e. The first-order valence-electron chi connectivity index (χ1n) is 7.50. The Morgan fingerprint density at radius 3 is 2.67 bits per heavy atom. The Bertz CT molecular complexity index is 552. The average molecular weight is 288 g/mol. The summed E-state index contributed by atoms with van der Waals surface area (Å²) in [6.07, 6.45) is 6.61. The van der Waals surface area contributed by atoms with Crippen LogP contribution in [0, 0.1) is 17.7 Å². The molecule has 112 valence electrons. The lowest BCUT2D eigenvalue weighted by Crippen LogP contribution is -2.34. The second kappa shape index (κ2) is 7.80. The zero-order chi connectivity index (χ0) is 15.1. The molecule has 0 bridgehead atoms. The van der Waals surface area contributed by atoms with E-state index in [9.17, 15) is 9.18 Å². The van der Waals surface area contributed by atoms with Gasteiger partial charge in [0.15, 0.2) is 0 Å². The van der Waals surface area contributed by atoms with Gasteiger partial charge in [-0.1, -0.05) is 37.5 Å². The van der Waals surface area contributed by atoms with Crippen molar-refractivity contribution in [1.29, 1.82) is 0 Å². The predicted molar refractivity (Wildman–Crippen MR) is 81.3 cm³/mol. The highest BCUT2D eigenvalue weighted by atomic mass is 19.1. The molecule has 1 saturated carbocycles. The lowest BCUT2D eigenvalue weighted by Gasteiger charge is -2.16. The molecule has 0 unspecified atom stereocenters. The van der Waals surface area contributed by atoms with Crippen LogP contribution in [0.25, 0.3) is 0 Å². The molecule has 1 amide bonds. The highest BCUT2D eigenvalue weighted by Crippen LogP contribution is 2.18. The largest absolute Gasteiger partial charge is 0.349 e. The molecule has 0 saturated heterocycles. The fourth-order valence-electron chi connectivity index (χ4n) is 2.62. The van der Waals surface area contributed by atoms with Crippen LogP contribution in [0.4, 0.5) is 4.39 Å². The smallest absolute Gasteiger partial charge is 0.254 e. The van der Waals surface area contributed by atoms with E-state index in [0.29, 0.717) is 5.56 Å². The molecule has 4 heteroatoms. The molecule has 1 aliphatic rings. The Hall–Kier alpha value is -1.86. The fraction of sp³-hybridized carbons (Fsp3) is 0.471. The molecule has 0 radical (unpaired) electrons. The van der Waals surface area contributed by atoms with Crippen molar-refractivity contribution in [2.75, 3.05) is 6.54 Å². The summed E-state index contributed by atoms with van der Waals surface area (Å²) >= 11 is 0. The summed E-state index contributed by atoms with van der Waals surface area (Å²) in [5.41, 5.74) is 5.98. The second-order valence-electron chi connectivity index (χ2n) is 5.36. The normalized spacial score (nSPS) is 15.7. The number of carbonyl (C=O) groups excluding carboxylic acids is 1. The van der Waals surface area contributed by atoms with Gasteiger partial charge in [0.1, 0.15) is 5.82 Å². The predicted octanol–water partition coefficient (Wildman–Crippen LogP) is 2.59. The minimum Gasteiger partial charge on any atom is -0.349 e. The van der Waals surface area contributed by atoms with Crippen LogP contribution in [0.1, 0.15) is 54.4 Å². The number of halogens is 1. The van der Waals surface area contributed by atoms with Crippen molar-refractivity contribution >= 4 is 5.91 Å². The third-order valence-corrected chi connectivity index (χ3v) is 3.74. The van der Waals surface area contributed by atoms with E-state index in [-0.39, 0.29) is 24.1 Å². The summed E-state index contributed by atoms with van der Waals surface area (Å²) in [5, 5.41) is 2.95. The van der Waals surface area contributed by atoms with Crippen molar-refractivity contribution in [3.05, 3.63) is 35.1 Å². The summed E-state index contributed by atoms with van der Waals surface area (Å²) in [7, 11) is 0. The van der Waals surface area contributed by atoms with Gasteiger partial charge in [0.2, 0.25) is 0 Å². The van der Waals surface area contributed by atoms with Gasteiger partial charge >= 0.3 is 0 Å². The van der Waals surface area contributed by atoms with Crippen molar-refractivity contribution < 1.29 is 9.18 Å². The fourth-order valence-corrected chi connectivity index (χ4v) is 2.62. The Morgan fingerprint density at radius 2 is 2.00 bits per heavy atom. The minimum atomic E-state index is -0.514. The van der Waals surface area contributed by atoms with E-state index in [0.717, 1.165) is 25.7 Å². The van der Waals surface area contributed by atoms with Crippen LogP contribution in [0.2, 0.25) is 0 Å². The van der Waals surface area contributed by atoms with Gasteiger partial charge in [-0.05, 0) is 31.0 Å². The molecule has 0 spiro atoms. The van der Waals surface area contributed by atoms with Crippen molar-refractivity contribution in [1.82, 2.24) is 5.32 Å². The van der Waals surface area contributed by atoms with E-state index in [1.54, 1.807) is 6.07 Å². The third kappa shape index (κ3) is 4.57. The number of carbonyl (C=O) groups is 1. The van der Waals surface area contributed by atoms with Gasteiger partial charge in [0.05, 0.1) is 12.1 Å². The first-order chi connectivity index (χ1) is 10.2. The van der Waals surface area contributed by atoms with Gasteiger partial charge in [0.25, 0.3) is 5.91 Å². The van der Waals surface area contributed by atoms with Gasteiger partial charge in [0, 0.05) is 11.6 Å². The highest BCUT2D eigenvalue weighted by Gasteiger charge is 2.18. The van der Waals surface area contributed by atoms with E-state index in [2.05, 4.69) is 17.2 Å². The summed E-state index contributed by atoms with van der Waals surface area (Å²) in [5.74, 6) is 4.66. The Morgan fingerprint density at radius 1 is 1.29 bits per heavy atom. The Balaban J connectivity index is 2.10. The lowest BCUT2D eigenvalue weighted by atomic mass is 10.1. The SMILES string of the molecule is NCC#Cc1ccc(F)c(C(=O)NC2CCCCCC2)c1. The van der Waals surface area contributed by atoms with Crippen molar-refractivity contribution in [3.8, 4) is 11.8 Å². The number of amides is 1. The van der Waals surface area contributed by atoms with Gasteiger partial charge in [-0.25, -0.2) is 4.39 Å². The van der Waals surface area contributed by atoms with Crippen LogP contribution < -0.4 is 11.1 Å². The molecule has 3 N–H and O–H groups in total. The Labute approximate surface area is 125 Å². The topological polar surface area (TPSA) is 55.1 Å². The molecule has 1 aromatic rings. The van der Waals surface area contributed by atoms with Crippen molar-refractivity contribution in [3.63, 3.8) is 0 Å². The molecule has 3 nitrogen and oxygen atoms in total. The quantitative estimate of drug-likeness (QED) is 0.649. The van der Waals surface area contributed by atoms with Gasteiger partial charge < -0.3 is 11.1 Å². The first kappa shape index (κ1) is 15.5. The molecular formula is C17H21FN2O. The van der Waals surface area contributed by atoms with E-state index < -0.39 is 5.82 Å². The standard InChI is InChI=1S/C17H21FN2O/c18-16-10-9-13(6-5-11-19)12-15(16)17(21)20-14-7-3-1-2-4-8-14/h9-10,12,14H,1-4,7-8,11,19H2,(H,20,21). The average Bonchev–Trinajstić information content (AvgIpc) is 2.75. The zero-order valence-electron chi connectivity index (χ0n) is 12.1.